The summed E-state index contributed by atoms with van der Waals surface area (Å²) in [4.78, 5) is 27.5. The fourth-order valence-electron chi connectivity index (χ4n) is 4.02. The van der Waals surface area contributed by atoms with Crippen molar-refractivity contribution in [2.45, 2.75) is 32.4 Å². The molecular weight excluding hydrogens is 398 g/mol. The van der Waals surface area contributed by atoms with Crippen LogP contribution in [-0.4, -0.2) is 36.0 Å². The Hall–Kier alpha value is -3.44. The number of carbonyl (C=O) groups is 2. The summed E-state index contributed by atoms with van der Waals surface area (Å²) in [5, 5.41) is 5.97. The van der Waals surface area contributed by atoms with Gasteiger partial charge < -0.3 is 10.6 Å². The standard InChI is InChI=1S/C27H29N3O2/c1-20(30-18-6-3-7-19-30)28-26(31)24-14-16-25(17-15-24)29-27(32)23-12-10-22(11-13-23)21-8-4-2-5-9-21/h2,4-5,8-17,20H,3,6-7,18-19H2,1H3,(H,28,31)(H,29,32). The molecule has 0 aliphatic carbocycles. The monoisotopic (exact) mass is 427 g/mol. The maximum atomic E-state index is 12.6. The van der Waals surface area contributed by atoms with E-state index in [1.807, 2.05) is 61.5 Å². The average molecular weight is 428 g/mol. The van der Waals surface area contributed by atoms with Gasteiger partial charge in [0.25, 0.3) is 11.8 Å². The lowest BCUT2D eigenvalue weighted by atomic mass is 10.0. The van der Waals surface area contributed by atoms with Crippen molar-refractivity contribution in [1.29, 1.82) is 0 Å². The van der Waals surface area contributed by atoms with Crippen LogP contribution in [0, 0.1) is 0 Å². The van der Waals surface area contributed by atoms with Crippen LogP contribution in [0.4, 0.5) is 5.69 Å². The highest BCUT2D eigenvalue weighted by Gasteiger charge is 2.19. The van der Waals surface area contributed by atoms with E-state index in [4.69, 9.17) is 0 Å². The van der Waals surface area contributed by atoms with Crippen LogP contribution in [0.5, 0.6) is 0 Å². The number of carbonyl (C=O) groups excluding carboxylic acids is 2. The summed E-state index contributed by atoms with van der Waals surface area (Å²) < 4.78 is 0. The Morgan fingerprint density at radius 2 is 1.28 bits per heavy atom. The van der Waals surface area contributed by atoms with Crippen LogP contribution in [0.25, 0.3) is 11.1 Å². The van der Waals surface area contributed by atoms with Gasteiger partial charge in [0.15, 0.2) is 0 Å². The Balaban J connectivity index is 1.33. The van der Waals surface area contributed by atoms with Crippen LogP contribution in [-0.2, 0) is 0 Å². The number of benzene rings is 3. The zero-order valence-corrected chi connectivity index (χ0v) is 18.4. The minimum absolute atomic E-state index is 0.0148. The van der Waals surface area contributed by atoms with E-state index in [9.17, 15) is 9.59 Å². The fraction of sp³-hybridized carbons (Fsp3) is 0.259. The van der Waals surface area contributed by atoms with Crippen molar-refractivity contribution < 1.29 is 9.59 Å². The van der Waals surface area contributed by atoms with Gasteiger partial charge >= 0.3 is 0 Å². The SMILES string of the molecule is CC(NC(=O)c1ccc(NC(=O)c2ccc(-c3ccccc3)cc2)cc1)N1CCCCC1. The van der Waals surface area contributed by atoms with E-state index in [2.05, 4.69) is 15.5 Å². The lowest BCUT2D eigenvalue weighted by Gasteiger charge is -2.32. The van der Waals surface area contributed by atoms with Gasteiger partial charge in [-0.05, 0) is 67.3 Å². The number of piperidine rings is 1. The number of amides is 2. The number of hydrogen-bond acceptors (Lipinski definition) is 3. The quantitative estimate of drug-likeness (QED) is 0.571. The van der Waals surface area contributed by atoms with E-state index < -0.39 is 0 Å². The molecule has 0 saturated carbocycles. The van der Waals surface area contributed by atoms with Gasteiger partial charge in [-0.15, -0.1) is 0 Å². The van der Waals surface area contributed by atoms with Gasteiger partial charge in [0.1, 0.15) is 0 Å². The van der Waals surface area contributed by atoms with Crippen LogP contribution in [0.2, 0.25) is 0 Å². The van der Waals surface area contributed by atoms with E-state index in [0.29, 0.717) is 16.8 Å². The van der Waals surface area contributed by atoms with Crippen molar-refractivity contribution in [2.75, 3.05) is 18.4 Å². The smallest absolute Gasteiger partial charge is 0.255 e. The van der Waals surface area contributed by atoms with E-state index >= 15 is 0 Å². The molecule has 164 valence electrons. The lowest BCUT2D eigenvalue weighted by molar-refractivity contribution is 0.0839. The van der Waals surface area contributed by atoms with Crippen molar-refractivity contribution in [2.24, 2.45) is 0 Å². The molecule has 5 nitrogen and oxygen atoms in total. The number of nitrogens with zero attached hydrogens (tertiary/aromatic N) is 1. The molecule has 1 aliphatic rings. The number of hydrogen-bond donors (Lipinski definition) is 2. The largest absolute Gasteiger partial charge is 0.337 e. The molecule has 1 atom stereocenters. The maximum Gasteiger partial charge on any atom is 0.255 e. The number of anilines is 1. The Labute approximate surface area is 189 Å². The first-order valence-corrected chi connectivity index (χ1v) is 11.2. The van der Waals surface area contributed by atoms with Crippen LogP contribution in [0.15, 0.2) is 78.9 Å². The second kappa shape index (κ2) is 10.2. The molecule has 3 aromatic rings. The van der Waals surface area contributed by atoms with Crippen molar-refractivity contribution in [1.82, 2.24) is 10.2 Å². The predicted molar refractivity (Wildman–Crippen MR) is 129 cm³/mol. The van der Waals surface area contributed by atoms with E-state index in [-0.39, 0.29) is 18.0 Å². The normalized spacial score (nSPS) is 15.0. The van der Waals surface area contributed by atoms with Crippen molar-refractivity contribution in [3.63, 3.8) is 0 Å². The highest BCUT2D eigenvalue weighted by atomic mass is 16.2. The summed E-state index contributed by atoms with van der Waals surface area (Å²) in [5.41, 5.74) is 4.00. The summed E-state index contributed by atoms with van der Waals surface area (Å²) in [6, 6.07) is 24.6. The molecule has 0 radical (unpaired) electrons. The van der Waals surface area contributed by atoms with Gasteiger partial charge in [-0.2, -0.15) is 0 Å². The average Bonchev–Trinajstić information content (AvgIpc) is 2.85. The molecule has 5 heteroatoms. The topological polar surface area (TPSA) is 61.4 Å². The summed E-state index contributed by atoms with van der Waals surface area (Å²) in [6.07, 6.45) is 3.65. The number of nitrogens with one attached hydrogen (secondary N) is 2. The molecule has 32 heavy (non-hydrogen) atoms. The zero-order valence-electron chi connectivity index (χ0n) is 18.4. The minimum atomic E-state index is -0.180. The highest BCUT2D eigenvalue weighted by molar-refractivity contribution is 6.04. The summed E-state index contributed by atoms with van der Waals surface area (Å²) in [5.74, 6) is -0.280. The van der Waals surface area contributed by atoms with E-state index in [1.54, 1.807) is 24.3 Å². The Bertz CT molecular complexity index is 1040. The van der Waals surface area contributed by atoms with Gasteiger partial charge in [0, 0.05) is 29.9 Å². The molecule has 1 fully saturated rings. The zero-order chi connectivity index (χ0) is 22.3. The molecule has 1 unspecified atom stereocenters. The molecule has 2 amide bonds. The third-order valence-electron chi connectivity index (χ3n) is 5.94. The van der Waals surface area contributed by atoms with E-state index in [0.717, 1.165) is 24.2 Å². The number of likely N-dealkylation sites (tertiary alicyclic amines) is 1. The first-order chi connectivity index (χ1) is 15.6. The first-order valence-electron chi connectivity index (χ1n) is 11.2. The summed E-state index contributed by atoms with van der Waals surface area (Å²) >= 11 is 0. The van der Waals surface area contributed by atoms with Crippen LogP contribution >= 0.6 is 0 Å². The molecule has 2 N–H and O–H groups in total. The van der Waals surface area contributed by atoms with Crippen LogP contribution in [0.1, 0.15) is 46.9 Å². The summed E-state index contributed by atoms with van der Waals surface area (Å²) in [7, 11) is 0. The van der Waals surface area contributed by atoms with Crippen molar-refractivity contribution in [3.8, 4) is 11.1 Å². The maximum absolute atomic E-state index is 12.6. The molecule has 0 spiro atoms. The van der Waals surface area contributed by atoms with Gasteiger partial charge in [0.2, 0.25) is 0 Å². The molecule has 1 aliphatic heterocycles. The Morgan fingerprint density at radius 1 is 0.719 bits per heavy atom. The third kappa shape index (κ3) is 5.42. The Morgan fingerprint density at radius 3 is 1.94 bits per heavy atom. The highest BCUT2D eigenvalue weighted by Crippen LogP contribution is 2.20. The molecule has 1 heterocycles. The summed E-state index contributed by atoms with van der Waals surface area (Å²) in [6.45, 7) is 4.08. The fourth-order valence-corrected chi connectivity index (χ4v) is 4.02. The lowest BCUT2D eigenvalue weighted by Crippen LogP contribution is -2.48. The van der Waals surface area contributed by atoms with Crippen LogP contribution in [0.3, 0.4) is 0 Å². The molecule has 0 aromatic heterocycles. The molecule has 0 bridgehead atoms. The minimum Gasteiger partial charge on any atom is -0.337 e. The molecule has 4 rings (SSSR count). The van der Waals surface area contributed by atoms with Gasteiger partial charge in [-0.3, -0.25) is 14.5 Å². The first kappa shape index (κ1) is 21.8. The number of rotatable bonds is 6. The van der Waals surface area contributed by atoms with E-state index in [1.165, 1.54) is 19.3 Å². The second-order valence-corrected chi connectivity index (χ2v) is 8.22. The van der Waals surface area contributed by atoms with Gasteiger partial charge in [0.05, 0.1) is 6.17 Å². The van der Waals surface area contributed by atoms with Gasteiger partial charge in [-0.1, -0.05) is 48.9 Å². The van der Waals surface area contributed by atoms with Crippen molar-refractivity contribution >= 4 is 17.5 Å². The van der Waals surface area contributed by atoms with Gasteiger partial charge in [-0.25, -0.2) is 0 Å². The third-order valence-corrected chi connectivity index (χ3v) is 5.94. The van der Waals surface area contributed by atoms with Crippen LogP contribution < -0.4 is 10.6 Å². The Kier molecular flexibility index (Phi) is 6.97. The molecule has 3 aromatic carbocycles. The molecular formula is C27H29N3O2. The molecule has 1 saturated heterocycles. The predicted octanol–water partition coefficient (Wildman–Crippen LogP) is 5.17. The van der Waals surface area contributed by atoms with Crippen molar-refractivity contribution in [3.05, 3.63) is 90.0 Å². The second-order valence-electron chi connectivity index (χ2n) is 8.22.